The van der Waals surface area contributed by atoms with Gasteiger partial charge in [-0.05, 0) is 66.0 Å². The number of urea groups is 1. The first kappa shape index (κ1) is 19.6. The molecule has 0 atom stereocenters. The molecule has 0 bridgehead atoms. The number of hydrogen-bond donors (Lipinski definition) is 3. The van der Waals surface area contributed by atoms with Gasteiger partial charge >= 0.3 is 6.03 Å². The van der Waals surface area contributed by atoms with Crippen molar-refractivity contribution in [3.63, 3.8) is 0 Å². The molecule has 5 heteroatoms. The molecular weight excluding hydrogens is 314 g/mol. The van der Waals surface area contributed by atoms with Gasteiger partial charge in [-0.15, -0.1) is 0 Å². The summed E-state index contributed by atoms with van der Waals surface area (Å²) in [7, 11) is 0. The summed E-state index contributed by atoms with van der Waals surface area (Å²) in [5.41, 5.74) is 1.28. The zero-order valence-corrected chi connectivity index (χ0v) is 16.2. The number of benzene rings is 1. The number of aryl methyl sites for hydroxylation is 1. The van der Waals surface area contributed by atoms with E-state index >= 15 is 0 Å². The molecule has 0 aromatic heterocycles. The van der Waals surface area contributed by atoms with Crippen LogP contribution in [-0.4, -0.2) is 36.3 Å². The van der Waals surface area contributed by atoms with E-state index in [-0.39, 0.29) is 23.2 Å². The highest BCUT2D eigenvalue weighted by Crippen LogP contribution is 2.28. The minimum atomic E-state index is -0.0890. The minimum absolute atomic E-state index is 0.0293. The third-order valence-corrected chi connectivity index (χ3v) is 4.42. The summed E-state index contributed by atoms with van der Waals surface area (Å²) in [5, 5.41) is 9.67. The average molecular weight is 348 g/mol. The van der Waals surface area contributed by atoms with Crippen LogP contribution in [-0.2, 0) is 0 Å². The lowest BCUT2D eigenvalue weighted by Gasteiger charge is -2.46. The third-order valence-electron chi connectivity index (χ3n) is 4.42. The molecule has 0 saturated carbocycles. The van der Waals surface area contributed by atoms with Crippen LogP contribution in [0.1, 0.15) is 52.5 Å². The first-order valence-corrected chi connectivity index (χ1v) is 9.18. The van der Waals surface area contributed by atoms with E-state index in [4.69, 9.17) is 4.74 Å². The van der Waals surface area contributed by atoms with Crippen LogP contribution in [0.4, 0.5) is 4.79 Å². The molecule has 5 nitrogen and oxygen atoms in total. The largest absolute Gasteiger partial charge is 0.494 e. The molecule has 1 aromatic rings. The summed E-state index contributed by atoms with van der Waals surface area (Å²) in [5.74, 6) is 0.870. The predicted molar refractivity (Wildman–Crippen MR) is 102 cm³/mol. The lowest BCUT2D eigenvalue weighted by Crippen LogP contribution is -2.62. The highest BCUT2D eigenvalue weighted by Gasteiger charge is 2.38. The van der Waals surface area contributed by atoms with E-state index in [1.54, 1.807) is 0 Å². The summed E-state index contributed by atoms with van der Waals surface area (Å²) in [6.45, 7) is 12.0. The number of hydrogen-bond acceptors (Lipinski definition) is 3. The molecular formula is C20H33N3O2. The summed E-state index contributed by atoms with van der Waals surface area (Å²) >= 11 is 0. The number of amides is 2. The Kier molecular flexibility index (Phi) is 6.33. The van der Waals surface area contributed by atoms with Gasteiger partial charge in [0.15, 0.2) is 0 Å². The molecule has 2 rings (SSSR count). The SMILES string of the molecule is Cc1ccc(OCCCNC(=O)NC2CC(C)(C)NC(C)(C)C2)cc1. The van der Waals surface area contributed by atoms with Gasteiger partial charge in [0.2, 0.25) is 0 Å². The number of carbonyl (C=O) groups is 1. The Morgan fingerprint density at radius 1 is 1.16 bits per heavy atom. The van der Waals surface area contributed by atoms with Gasteiger partial charge in [-0.2, -0.15) is 0 Å². The Bertz CT molecular complexity index is 551. The molecule has 0 spiro atoms. The summed E-state index contributed by atoms with van der Waals surface area (Å²) in [6, 6.07) is 8.10. The molecule has 25 heavy (non-hydrogen) atoms. The number of carbonyl (C=O) groups excluding carboxylic acids is 1. The van der Waals surface area contributed by atoms with Crippen LogP contribution >= 0.6 is 0 Å². The van der Waals surface area contributed by atoms with Crippen molar-refractivity contribution in [1.29, 1.82) is 0 Å². The van der Waals surface area contributed by atoms with Crippen molar-refractivity contribution >= 4 is 6.03 Å². The van der Waals surface area contributed by atoms with Gasteiger partial charge in [0.05, 0.1) is 6.61 Å². The number of ether oxygens (including phenoxy) is 1. The zero-order chi connectivity index (χ0) is 18.5. The van der Waals surface area contributed by atoms with Crippen molar-refractivity contribution in [1.82, 2.24) is 16.0 Å². The summed E-state index contributed by atoms with van der Waals surface area (Å²) < 4.78 is 5.67. The van der Waals surface area contributed by atoms with Gasteiger partial charge in [-0.1, -0.05) is 17.7 Å². The third kappa shape index (κ3) is 6.94. The number of nitrogens with one attached hydrogen (secondary N) is 3. The smallest absolute Gasteiger partial charge is 0.315 e. The van der Waals surface area contributed by atoms with E-state index in [9.17, 15) is 4.79 Å². The van der Waals surface area contributed by atoms with Gasteiger partial charge in [-0.3, -0.25) is 0 Å². The highest BCUT2D eigenvalue weighted by molar-refractivity contribution is 5.74. The molecule has 1 saturated heterocycles. The van der Waals surface area contributed by atoms with Crippen LogP contribution in [0.5, 0.6) is 5.75 Å². The molecule has 1 aliphatic rings. The summed E-state index contributed by atoms with van der Waals surface area (Å²) in [4.78, 5) is 12.1. The van der Waals surface area contributed by atoms with E-state index in [1.807, 2.05) is 24.3 Å². The quantitative estimate of drug-likeness (QED) is 0.691. The van der Waals surface area contributed by atoms with E-state index < -0.39 is 0 Å². The van der Waals surface area contributed by atoms with E-state index in [1.165, 1.54) is 5.56 Å². The molecule has 0 radical (unpaired) electrons. The van der Waals surface area contributed by atoms with Crippen molar-refractivity contribution in [2.24, 2.45) is 0 Å². The normalized spacial score (nSPS) is 19.2. The van der Waals surface area contributed by atoms with Crippen LogP contribution in [0, 0.1) is 6.92 Å². The lowest BCUT2D eigenvalue weighted by atomic mass is 9.80. The van der Waals surface area contributed by atoms with E-state index in [0.29, 0.717) is 13.2 Å². The second-order valence-corrected chi connectivity index (χ2v) is 8.41. The first-order chi connectivity index (χ1) is 11.7. The average Bonchev–Trinajstić information content (AvgIpc) is 2.45. The van der Waals surface area contributed by atoms with Crippen LogP contribution in [0.15, 0.2) is 24.3 Å². The molecule has 0 unspecified atom stereocenters. The topological polar surface area (TPSA) is 62.4 Å². The summed E-state index contributed by atoms with van der Waals surface area (Å²) in [6.07, 6.45) is 2.64. The Balaban J connectivity index is 1.64. The first-order valence-electron chi connectivity index (χ1n) is 9.18. The molecule has 140 valence electrons. The van der Waals surface area contributed by atoms with Gasteiger partial charge in [-0.25, -0.2) is 4.79 Å². The number of piperidine rings is 1. The Morgan fingerprint density at radius 2 is 1.76 bits per heavy atom. The Morgan fingerprint density at radius 3 is 2.36 bits per heavy atom. The van der Waals surface area contributed by atoms with E-state index in [2.05, 4.69) is 50.6 Å². The van der Waals surface area contributed by atoms with Gasteiger partial charge in [0.25, 0.3) is 0 Å². The van der Waals surface area contributed by atoms with E-state index in [0.717, 1.165) is 25.0 Å². The Hall–Kier alpha value is -1.75. The van der Waals surface area contributed by atoms with Crippen molar-refractivity contribution in [3.05, 3.63) is 29.8 Å². The highest BCUT2D eigenvalue weighted by atomic mass is 16.5. The molecule has 0 aliphatic carbocycles. The fourth-order valence-electron chi connectivity index (χ4n) is 3.76. The second kappa shape index (κ2) is 8.09. The molecule has 1 aliphatic heterocycles. The fraction of sp³-hybridized carbons (Fsp3) is 0.650. The second-order valence-electron chi connectivity index (χ2n) is 8.41. The molecule has 2 amide bonds. The minimum Gasteiger partial charge on any atom is -0.494 e. The van der Waals surface area contributed by atoms with Crippen LogP contribution in [0.3, 0.4) is 0 Å². The maximum Gasteiger partial charge on any atom is 0.315 e. The van der Waals surface area contributed by atoms with Gasteiger partial charge < -0.3 is 20.7 Å². The fourth-order valence-corrected chi connectivity index (χ4v) is 3.76. The molecule has 3 N–H and O–H groups in total. The van der Waals surface area contributed by atoms with Crippen molar-refractivity contribution in [2.75, 3.05) is 13.2 Å². The van der Waals surface area contributed by atoms with Gasteiger partial charge in [0, 0.05) is 23.7 Å². The molecule has 1 fully saturated rings. The van der Waals surface area contributed by atoms with Gasteiger partial charge in [0.1, 0.15) is 5.75 Å². The molecule has 1 aromatic carbocycles. The zero-order valence-electron chi connectivity index (χ0n) is 16.2. The van der Waals surface area contributed by atoms with Crippen LogP contribution in [0.25, 0.3) is 0 Å². The van der Waals surface area contributed by atoms with Crippen LogP contribution in [0.2, 0.25) is 0 Å². The van der Waals surface area contributed by atoms with Crippen molar-refractivity contribution < 1.29 is 9.53 Å². The standard InChI is InChI=1S/C20H33N3O2/c1-15-7-9-17(10-8-15)25-12-6-11-21-18(24)22-16-13-19(2,3)23-20(4,5)14-16/h7-10,16,23H,6,11-14H2,1-5H3,(H2,21,22,24). The van der Waals surface area contributed by atoms with Crippen LogP contribution < -0.4 is 20.7 Å². The predicted octanol–water partition coefficient (Wildman–Crippen LogP) is 3.37. The number of rotatable bonds is 6. The maximum absolute atomic E-state index is 12.1. The lowest BCUT2D eigenvalue weighted by molar-refractivity contribution is 0.147. The van der Waals surface area contributed by atoms with Crippen molar-refractivity contribution in [2.45, 2.75) is 71.0 Å². The molecule has 1 heterocycles. The monoisotopic (exact) mass is 347 g/mol. The van der Waals surface area contributed by atoms with Crippen molar-refractivity contribution in [3.8, 4) is 5.75 Å². The maximum atomic E-state index is 12.1. The Labute approximate surface area is 151 Å².